The number of rotatable bonds is 5. The van der Waals surface area contributed by atoms with Crippen LogP contribution in [-0.2, 0) is 9.53 Å². The van der Waals surface area contributed by atoms with Crippen molar-refractivity contribution in [3.8, 4) is 6.07 Å². The van der Waals surface area contributed by atoms with Crippen LogP contribution in [-0.4, -0.2) is 59.5 Å². The Kier molecular flexibility index (Phi) is 5.80. The Balaban J connectivity index is 1.64. The lowest BCUT2D eigenvalue weighted by Gasteiger charge is -2.35. The van der Waals surface area contributed by atoms with Crippen molar-refractivity contribution < 1.29 is 18.7 Å². The SMILES string of the molecule is CCOC(=O)[C@H](C#N)c1nc2ccccc2nc1N1CCN(C(=O)c2ccco2)CC1. The van der Waals surface area contributed by atoms with Gasteiger partial charge in [0.05, 0.1) is 30.0 Å². The summed E-state index contributed by atoms with van der Waals surface area (Å²) in [6.45, 7) is 3.71. The summed E-state index contributed by atoms with van der Waals surface area (Å²) in [6, 6.07) is 12.6. The second kappa shape index (κ2) is 8.83. The molecule has 0 radical (unpaired) electrons. The largest absolute Gasteiger partial charge is 0.465 e. The lowest BCUT2D eigenvalue weighted by molar-refractivity contribution is -0.143. The number of amides is 1. The number of para-hydroxylation sites is 2. The number of nitrogens with zero attached hydrogens (tertiary/aromatic N) is 5. The van der Waals surface area contributed by atoms with Crippen molar-refractivity contribution in [1.82, 2.24) is 14.9 Å². The van der Waals surface area contributed by atoms with Gasteiger partial charge in [0, 0.05) is 26.2 Å². The molecule has 1 aromatic carbocycles. The average molecular weight is 419 g/mol. The van der Waals surface area contributed by atoms with E-state index >= 15 is 0 Å². The number of carbonyl (C=O) groups is 2. The molecule has 3 heterocycles. The first-order chi connectivity index (χ1) is 15.1. The molecule has 1 atom stereocenters. The molecule has 158 valence electrons. The van der Waals surface area contributed by atoms with Crippen LogP contribution in [0, 0.1) is 11.3 Å². The predicted octanol–water partition coefficient (Wildman–Crippen LogP) is 2.36. The van der Waals surface area contributed by atoms with Crippen molar-refractivity contribution >= 4 is 28.7 Å². The molecule has 31 heavy (non-hydrogen) atoms. The van der Waals surface area contributed by atoms with Gasteiger partial charge in [-0.05, 0) is 31.2 Å². The molecule has 0 unspecified atom stereocenters. The summed E-state index contributed by atoms with van der Waals surface area (Å²) >= 11 is 0. The Labute approximate surface area is 178 Å². The van der Waals surface area contributed by atoms with Gasteiger partial charge < -0.3 is 19.0 Å². The molecule has 1 amide bonds. The second-order valence-electron chi connectivity index (χ2n) is 6.99. The summed E-state index contributed by atoms with van der Waals surface area (Å²) in [4.78, 5) is 37.9. The monoisotopic (exact) mass is 419 g/mol. The number of aromatic nitrogens is 2. The van der Waals surface area contributed by atoms with E-state index < -0.39 is 11.9 Å². The number of esters is 1. The molecule has 0 spiro atoms. The van der Waals surface area contributed by atoms with Gasteiger partial charge in [0.1, 0.15) is 5.69 Å². The molecule has 0 saturated carbocycles. The first-order valence-electron chi connectivity index (χ1n) is 10.0. The zero-order valence-corrected chi connectivity index (χ0v) is 17.0. The first-order valence-corrected chi connectivity index (χ1v) is 10.0. The maximum atomic E-state index is 12.5. The summed E-state index contributed by atoms with van der Waals surface area (Å²) < 4.78 is 10.3. The molecule has 3 aromatic rings. The number of anilines is 1. The second-order valence-corrected chi connectivity index (χ2v) is 6.99. The summed E-state index contributed by atoms with van der Waals surface area (Å²) in [6.07, 6.45) is 1.47. The van der Waals surface area contributed by atoms with Crippen LogP contribution < -0.4 is 4.90 Å². The van der Waals surface area contributed by atoms with E-state index in [1.54, 1.807) is 30.0 Å². The van der Waals surface area contributed by atoms with Crippen molar-refractivity contribution in [2.75, 3.05) is 37.7 Å². The maximum Gasteiger partial charge on any atom is 0.329 e. The fourth-order valence-corrected chi connectivity index (χ4v) is 3.56. The first kappa shape index (κ1) is 20.3. The molecule has 0 N–H and O–H groups in total. The van der Waals surface area contributed by atoms with Gasteiger partial charge >= 0.3 is 5.97 Å². The van der Waals surface area contributed by atoms with Crippen LogP contribution in [0.25, 0.3) is 11.0 Å². The number of fused-ring (bicyclic) bond motifs is 1. The molecule has 9 heteroatoms. The van der Waals surface area contributed by atoms with Gasteiger partial charge in [-0.1, -0.05) is 12.1 Å². The lowest BCUT2D eigenvalue weighted by Crippen LogP contribution is -2.49. The zero-order valence-electron chi connectivity index (χ0n) is 17.0. The topological polar surface area (TPSA) is 113 Å². The van der Waals surface area contributed by atoms with Gasteiger partial charge in [-0.25, -0.2) is 9.97 Å². The van der Waals surface area contributed by atoms with Gasteiger partial charge in [-0.3, -0.25) is 9.59 Å². The van der Waals surface area contributed by atoms with Crippen LogP contribution in [0.1, 0.15) is 29.1 Å². The van der Waals surface area contributed by atoms with E-state index in [4.69, 9.17) is 14.1 Å². The Morgan fingerprint density at radius 2 is 1.84 bits per heavy atom. The quantitative estimate of drug-likeness (QED) is 0.579. The molecule has 9 nitrogen and oxygen atoms in total. The molecular weight excluding hydrogens is 398 g/mol. The number of ether oxygens (including phenoxy) is 1. The van der Waals surface area contributed by atoms with Gasteiger partial charge in [0.2, 0.25) is 0 Å². The van der Waals surface area contributed by atoms with E-state index in [0.717, 1.165) is 0 Å². The fraction of sp³-hybridized carbons (Fsp3) is 0.318. The van der Waals surface area contributed by atoms with E-state index in [1.165, 1.54) is 6.26 Å². The van der Waals surface area contributed by atoms with Crippen molar-refractivity contribution in [3.63, 3.8) is 0 Å². The van der Waals surface area contributed by atoms with Crippen LogP contribution in [0.15, 0.2) is 47.1 Å². The van der Waals surface area contributed by atoms with E-state index in [1.807, 2.05) is 29.2 Å². The average Bonchev–Trinajstić information content (AvgIpc) is 3.34. The number of hydrogen-bond acceptors (Lipinski definition) is 8. The highest BCUT2D eigenvalue weighted by atomic mass is 16.5. The number of hydrogen-bond donors (Lipinski definition) is 0. The van der Waals surface area contributed by atoms with Crippen LogP contribution >= 0.6 is 0 Å². The Morgan fingerprint density at radius 1 is 1.13 bits per heavy atom. The minimum Gasteiger partial charge on any atom is -0.465 e. The van der Waals surface area contributed by atoms with Gasteiger partial charge in [-0.2, -0.15) is 5.26 Å². The molecule has 1 saturated heterocycles. The summed E-state index contributed by atoms with van der Waals surface area (Å²) in [7, 11) is 0. The minimum absolute atomic E-state index is 0.168. The maximum absolute atomic E-state index is 12.5. The smallest absolute Gasteiger partial charge is 0.329 e. The van der Waals surface area contributed by atoms with Gasteiger partial charge in [0.25, 0.3) is 5.91 Å². The predicted molar refractivity (Wildman–Crippen MR) is 111 cm³/mol. The van der Waals surface area contributed by atoms with E-state index in [0.29, 0.717) is 48.8 Å². The molecule has 0 aliphatic carbocycles. The zero-order chi connectivity index (χ0) is 21.8. The molecule has 1 aliphatic heterocycles. The third-order valence-corrected chi connectivity index (χ3v) is 5.10. The number of carbonyl (C=O) groups excluding carboxylic acids is 2. The van der Waals surface area contributed by atoms with Crippen molar-refractivity contribution in [2.24, 2.45) is 0 Å². The van der Waals surface area contributed by atoms with Gasteiger partial charge in [-0.15, -0.1) is 0 Å². The van der Waals surface area contributed by atoms with E-state index in [2.05, 4.69) is 4.98 Å². The Morgan fingerprint density at radius 3 is 2.45 bits per heavy atom. The van der Waals surface area contributed by atoms with Crippen molar-refractivity contribution in [1.29, 1.82) is 5.26 Å². The normalized spacial score (nSPS) is 14.8. The molecule has 0 bridgehead atoms. The number of benzene rings is 1. The standard InChI is InChI=1S/C22H21N5O4/c1-2-30-22(29)15(14-23)19-20(25-17-7-4-3-6-16(17)24-19)26-9-11-27(12-10-26)21(28)18-8-5-13-31-18/h3-8,13,15H,2,9-12H2,1H3/t15-/m1/s1. The van der Waals surface area contributed by atoms with E-state index in [-0.39, 0.29) is 18.2 Å². The third kappa shape index (κ3) is 4.05. The molecule has 2 aromatic heterocycles. The molecule has 1 fully saturated rings. The fourth-order valence-electron chi connectivity index (χ4n) is 3.56. The van der Waals surface area contributed by atoms with Crippen molar-refractivity contribution in [2.45, 2.75) is 12.8 Å². The third-order valence-electron chi connectivity index (χ3n) is 5.10. The van der Waals surface area contributed by atoms with Crippen LogP contribution in [0.3, 0.4) is 0 Å². The molecule has 4 rings (SSSR count). The lowest BCUT2D eigenvalue weighted by atomic mass is 10.1. The molecule has 1 aliphatic rings. The van der Waals surface area contributed by atoms with Crippen LogP contribution in [0.5, 0.6) is 0 Å². The number of piperazine rings is 1. The van der Waals surface area contributed by atoms with Crippen LogP contribution in [0.2, 0.25) is 0 Å². The highest BCUT2D eigenvalue weighted by Crippen LogP contribution is 2.29. The Bertz CT molecular complexity index is 1130. The minimum atomic E-state index is -1.19. The number of nitriles is 1. The highest BCUT2D eigenvalue weighted by Gasteiger charge is 2.32. The summed E-state index contributed by atoms with van der Waals surface area (Å²) in [5.41, 5.74) is 1.53. The van der Waals surface area contributed by atoms with Crippen LogP contribution in [0.4, 0.5) is 5.82 Å². The Hall–Kier alpha value is -3.93. The molecular formula is C22H21N5O4. The highest BCUT2D eigenvalue weighted by molar-refractivity contribution is 5.91. The summed E-state index contributed by atoms with van der Waals surface area (Å²) in [5.74, 6) is -1.25. The van der Waals surface area contributed by atoms with E-state index in [9.17, 15) is 14.9 Å². The number of furan rings is 1. The summed E-state index contributed by atoms with van der Waals surface area (Å²) in [5, 5.41) is 9.69. The van der Waals surface area contributed by atoms with Crippen molar-refractivity contribution in [3.05, 3.63) is 54.1 Å². The van der Waals surface area contributed by atoms with Gasteiger partial charge in [0.15, 0.2) is 17.5 Å².